The van der Waals surface area contributed by atoms with E-state index in [-0.39, 0.29) is 11.9 Å². The molecule has 1 rings (SSSR count). The number of nitrogens with zero attached hydrogens (tertiary/aromatic N) is 1. The van der Waals surface area contributed by atoms with Crippen molar-refractivity contribution in [3.05, 3.63) is 28.0 Å². The van der Waals surface area contributed by atoms with Gasteiger partial charge in [-0.25, -0.2) is 4.79 Å². The third-order valence-corrected chi connectivity index (χ3v) is 4.63. The van der Waals surface area contributed by atoms with Crippen LogP contribution in [-0.4, -0.2) is 47.0 Å². The Bertz CT molecular complexity index is 496. The molecule has 1 heterocycles. The molecule has 0 spiro atoms. The van der Waals surface area contributed by atoms with Crippen molar-refractivity contribution in [2.75, 3.05) is 19.1 Å². The van der Waals surface area contributed by atoms with Crippen molar-refractivity contribution in [2.24, 2.45) is 0 Å². The molecule has 0 aliphatic carbocycles. The minimum atomic E-state index is -1.02. The van der Waals surface area contributed by atoms with Crippen molar-refractivity contribution in [2.45, 2.75) is 19.4 Å². The van der Waals surface area contributed by atoms with Crippen molar-refractivity contribution in [3.63, 3.8) is 0 Å². The highest BCUT2D eigenvalue weighted by atomic mass is 32.2. The maximum Gasteiger partial charge on any atom is 0.328 e. The predicted octanol–water partition coefficient (Wildman–Crippen LogP) is 3.06. The number of rotatable bonds is 7. The van der Waals surface area contributed by atoms with Crippen LogP contribution in [0.3, 0.4) is 0 Å². The number of hydrogen-bond donors (Lipinski definition) is 1. The fraction of sp³-hybridized carbons (Fsp3) is 0.429. The van der Waals surface area contributed by atoms with Crippen LogP contribution in [0.4, 0.5) is 0 Å². The first-order chi connectivity index (χ1) is 9.51. The topological polar surface area (TPSA) is 57.6 Å². The van der Waals surface area contributed by atoms with Crippen LogP contribution in [0.2, 0.25) is 0 Å². The Balaban J connectivity index is 2.92. The van der Waals surface area contributed by atoms with Gasteiger partial charge in [0.25, 0.3) is 5.91 Å². The molecule has 0 aliphatic heterocycles. The number of carboxylic acids is 1. The molecule has 0 saturated heterocycles. The molecule has 0 bridgehead atoms. The third kappa shape index (κ3) is 4.38. The third-order valence-electron chi connectivity index (χ3n) is 2.99. The van der Waals surface area contributed by atoms with E-state index in [1.165, 1.54) is 17.4 Å². The van der Waals surface area contributed by atoms with E-state index >= 15 is 0 Å². The van der Waals surface area contributed by atoms with Gasteiger partial charge in [-0.05, 0) is 35.8 Å². The normalized spacial score (nSPS) is 12.6. The number of thioether (sulfide) groups is 1. The highest BCUT2D eigenvalue weighted by molar-refractivity contribution is 7.98. The summed E-state index contributed by atoms with van der Waals surface area (Å²) >= 11 is 3.05. The van der Waals surface area contributed by atoms with Gasteiger partial charge in [-0.1, -0.05) is 6.92 Å². The highest BCUT2D eigenvalue weighted by Crippen LogP contribution is 2.22. The molecule has 1 aromatic heterocycles. The lowest BCUT2D eigenvalue weighted by atomic mass is 10.2. The van der Waals surface area contributed by atoms with E-state index in [1.54, 1.807) is 35.2 Å². The average Bonchev–Trinajstić information content (AvgIpc) is 2.89. The lowest BCUT2D eigenvalue weighted by Crippen LogP contribution is -2.38. The molecule has 0 fully saturated rings. The van der Waals surface area contributed by atoms with E-state index in [9.17, 15) is 9.59 Å². The Morgan fingerprint density at radius 3 is 2.80 bits per heavy atom. The van der Waals surface area contributed by atoms with Gasteiger partial charge in [0.05, 0.1) is 4.88 Å². The van der Waals surface area contributed by atoms with Crippen molar-refractivity contribution in [3.8, 4) is 0 Å². The minimum Gasteiger partial charge on any atom is -0.478 e. The van der Waals surface area contributed by atoms with Gasteiger partial charge in [0.15, 0.2) is 0 Å². The van der Waals surface area contributed by atoms with E-state index in [4.69, 9.17) is 5.11 Å². The molecule has 4 nitrogen and oxygen atoms in total. The molecule has 1 atom stereocenters. The molecular weight excluding hydrogens is 294 g/mol. The smallest absolute Gasteiger partial charge is 0.328 e. The fourth-order valence-electron chi connectivity index (χ4n) is 1.81. The van der Waals surface area contributed by atoms with Crippen LogP contribution < -0.4 is 0 Å². The van der Waals surface area contributed by atoms with Crippen LogP contribution in [0.15, 0.2) is 17.5 Å². The second-order valence-electron chi connectivity index (χ2n) is 4.31. The van der Waals surface area contributed by atoms with E-state index in [2.05, 4.69) is 6.92 Å². The predicted molar refractivity (Wildman–Crippen MR) is 85.5 cm³/mol. The zero-order valence-electron chi connectivity index (χ0n) is 11.8. The maximum atomic E-state index is 12.5. The number of hydrogen-bond acceptors (Lipinski definition) is 4. The van der Waals surface area contributed by atoms with Gasteiger partial charge >= 0.3 is 5.97 Å². The second-order valence-corrected chi connectivity index (χ2v) is 6.14. The van der Waals surface area contributed by atoms with Crippen molar-refractivity contribution < 1.29 is 14.7 Å². The number of carbonyl (C=O) groups excluding carboxylic acids is 1. The number of carbonyl (C=O) groups is 2. The second kappa shape index (κ2) is 8.11. The number of thiophene rings is 1. The van der Waals surface area contributed by atoms with Gasteiger partial charge < -0.3 is 10.0 Å². The van der Waals surface area contributed by atoms with Crippen molar-refractivity contribution >= 4 is 41.1 Å². The summed E-state index contributed by atoms with van der Waals surface area (Å²) in [6, 6.07) is 1.96. The van der Waals surface area contributed by atoms with Crippen LogP contribution in [0.25, 0.3) is 6.08 Å². The summed E-state index contributed by atoms with van der Waals surface area (Å²) in [5, 5.41) is 10.5. The quantitative estimate of drug-likeness (QED) is 0.786. The average molecular weight is 313 g/mol. The molecule has 1 unspecified atom stereocenters. The molecule has 0 radical (unpaired) electrons. The summed E-state index contributed by atoms with van der Waals surface area (Å²) in [6.07, 6.45) is 5.44. The first kappa shape index (κ1) is 16.8. The van der Waals surface area contributed by atoms with E-state index < -0.39 is 5.97 Å². The van der Waals surface area contributed by atoms with Crippen LogP contribution in [0.1, 0.15) is 28.6 Å². The Hall–Kier alpha value is -1.27. The lowest BCUT2D eigenvalue weighted by molar-refractivity contribution is -0.131. The van der Waals surface area contributed by atoms with Gasteiger partial charge in [0.1, 0.15) is 0 Å². The zero-order chi connectivity index (χ0) is 15.1. The molecule has 0 saturated carbocycles. The number of amides is 1. The first-order valence-corrected chi connectivity index (χ1v) is 8.53. The van der Waals surface area contributed by atoms with Crippen molar-refractivity contribution in [1.82, 2.24) is 4.90 Å². The first-order valence-electron chi connectivity index (χ1n) is 6.25. The monoisotopic (exact) mass is 313 g/mol. The Labute approximate surface area is 127 Å². The molecule has 1 amide bonds. The molecule has 20 heavy (non-hydrogen) atoms. The maximum absolute atomic E-state index is 12.5. The Morgan fingerprint density at radius 1 is 1.55 bits per heavy atom. The molecule has 110 valence electrons. The molecular formula is C14H19NO3S2. The summed E-state index contributed by atoms with van der Waals surface area (Å²) in [6.45, 7) is 2.06. The van der Waals surface area contributed by atoms with Gasteiger partial charge in [0.2, 0.25) is 0 Å². The standard InChI is InChI=1S/C14H19NO3S2/c1-4-11(9-19-3)15(2)14(18)13-10(7-8-20-13)5-6-12(16)17/h5-8,11H,4,9H2,1-3H3,(H,16,17)/b6-5+. The number of aliphatic carboxylic acids is 1. The SMILES string of the molecule is CCC(CSC)N(C)C(=O)c1sccc1/C=C/C(=O)O. The largest absolute Gasteiger partial charge is 0.478 e. The van der Waals surface area contributed by atoms with E-state index in [1.807, 2.05) is 6.26 Å². The highest BCUT2D eigenvalue weighted by Gasteiger charge is 2.22. The van der Waals surface area contributed by atoms with E-state index in [0.717, 1.165) is 18.2 Å². The molecule has 1 aromatic rings. The Kier molecular flexibility index (Phi) is 6.81. The van der Waals surface area contributed by atoms with Crippen LogP contribution in [-0.2, 0) is 4.79 Å². The zero-order valence-corrected chi connectivity index (χ0v) is 13.5. The molecule has 0 aromatic carbocycles. The summed E-state index contributed by atoms with van der Waals surface area (Å²) in [4.78, 5) is 25.4. The molecule has 6 heteroatoms. The van der Waals surface area contributed by atoms with Gasteiger partial charge in [-0.3, -0.25) is 4.79 Å². The minimum absolute atomic E-state index is 0.0501. The molecule has 1 N–H and O–H groups in total. The van der Waals surface area contributed by atoms with E-state index in [0.29, 0.717) is 10.4 Å². The van der Waals surface area contributed by atoms with Crippen LogP contribution in [0.5, 0.6) is 0 Å². The summed E-state index contributed by atoms with van der Waals surface area (Å²) < 4.78 is 0. The molecule has 0 aliphatic rings. The summed E-state index contributed by atoms with van der Waals surface area (Å²) in [5.41, 5.74) is 0.660. The van der Waals surface area contributed by atoms with Crippen LogP contribution in [0, 0.1) is 0 Å². The van der Waals surface area contributed by atoms with Gasteiger partial charge in [-0.15, -0.1) is 11.3 Å². The van der Waals surface area contributed by atoms with Crippen LogP contribution >= 0.6 is 23.1 Å². The van der Waals surface area contributed by atoms with Gasteiger partial charge in [0, 0.05) is 24.9 Å². The summed E-state index contributed by atoms with van der Waals surface area (Å²) in [5.74, 6) is -0.174. The Morgan fingerprint density at radius 2 is 2.25 bits per heavy atom. The summed E-state index contributed by atoms with van der Waals surface area (Å²) in [7, 11) is 1.80. The number of carboxylic acid groups (broad SMARTS) is 1. The lowest BCUT2D eigenvalue weighted by Gasteiger charge is -2.26. The van der Waals surface area contributed by atoms with Gasteiger partial charge in [-0.2, -0.15) is 11.8 Å². The van der Waals surface area contributed by atoms with Crippen molar-refractivity contribution in [1.29, 1.82) is 0 Å². The fourth-order valence-corrected chi connectivity index (χ4v) is 3.52.